The Morgan fingerprint density at radius 1 is 1.05 bits per heavy atom. The van der Waals surface area contributed by atoms with E-state index < -0.39 is 52.4 Å². The van der Waals surface area contributed by atoms with Gasteiger partial charge in [0.05, 0.1) is 12.0 Å². The summed E-state index contributed by atoms with van der Waals surface area (Å²) in [6.45, 7) is 3.90. The van der Waals surface area contributed by atoms with Crippen molar-refractivity contribution in [3.8, 4) is 5.75 Å². The summed E-state index contributed by atoms with van der Waals surface area (Å²) in [5.41, 5.74) is 0.777. The molecule has 3 aliphatic rings. The van der Waals surface area contributed by atoms with E-state index in [0.717, 1.165) is 22.7 Å². The highest BCUT2D eigenvalue weighted by atomic mass is 32.2. The van der Waals surface area contributed by atoms with Gasteiger partial charge in [-0.2, -0.15) is 4.31 Å². The zero-order valence-corrected chi connectivity index (χ0v) is 23.2. The quantitative estimate of drug-likeness (QED) is 0.449. The second-order valence-corrected chi connectivity index (χ2v) is 12.2. The summed E-state index contributed by atoms with van der Waals surface area (Å²) in [7, 11) is -2.69. The standard InChI is InChI=1S/C28H35NO9S/c1-28(2)37-22-17-29(39(31,32)21-14-12-20(33-3)13-15-21)24(27(30)35-18-19-9-5-4-6-10-19)26(25(22)38-28)36-23-11-7-8-16-34-23/h4-6,9-10,12-15,22-26H,7-8,11,16-18H2,1-3H3/t22-,23?,24+,25+,26-/m0/s1. The Labute approximate surface area is 229 Å². The van der Waals surface area contributed by atoms with E-state index in [1.54, 1.807) is 26.0 Å². The average Bonchev–Trinajstić information content (AvgIpc) is 3.26. The largest absolute Gasteiger partial charge is 0.497 e. The lowest BCUT2D eigenvalue weighted by Crippen LogP contribution is -2.66. The number of hydrogen-bond acceptors (Lipinski definition) is 9. The molecule has 212 valence electrons. The summed E-state index contributed by atoms with van der Waals surface area (Å²) in [5.74, 6) is -1.22. The number of carbonyl (C=O) groups excluding carboxylic acids is 1. The van der Waals surface area contributed by atoms with E-state index in [1.807, 2.05) is 30.3 Å². The van der Waals surface area contributed by atoms with E-state index in [0.29, 0.717) is 18.8 Å². The summed E-state index contributed by atoms with van der Waals surface area (Å²) in [4.78, 5) is 13.8. The zero-order chi connectivity index (χ0) is 27.6. The van der Waals surface area contributed by atoms with Crippen molar-refractivity contribution in [1.82, 2.24) is 4.31 Å². The minimum atomic E-state index is -4.19. The van der Waals surface area contributed by atoms with Crippen LogP contribution < -0.4 is 4.74 Å². The highest BCUT2D eigenvalue weighted by molar-refractivity contribution is 7.89. The average molecular weight is 562 g/mol. The van der Waals surface area contributed by atoms with Crippen LogP contribution in [0.3, 0.4) is 0 Å². The second kappa shape index (κ2) is 11.5. The highest BCUT2D eigenvalue weighted by Gasteiger charge is 2.59. The minimum Gasteiger partial charge on any atom is -0.497 e. The summed E-state index contributed by atoms with van der Waals surface area (Å²) in [5, 5.41) is 0. The molecule has 3 aliphatic heterocycles. The molecule has 0 amide bonds. The molecule has 1 unspecified atom stereocenters. The Balaban J connectivity index is 1.52. The topological polar surface area (TPSA) is 110 Å². The molecular formula is C28H35NO9S. The van der Waals surface area contributed by atoms with Crippen LogP contribution in [0.5, 0.6) is 5.75 Å². The van der Waals surface area contributed by atoms with Crippen LogP contribution in [0.2, 0.25) is 0 Å². The van der Waals surface area contributed by atoms with Crippen LogP contribution in [0.15, 0.2) is 59.5 Å². The summed E-state index contributed by atoms with van der Waals surface area (Å²) < 4.78 is 64.6. The molecule has 0 aliphatic carbocycles. The summed E-state index contributed by atoms with van der Waals surface area (Å²) >= 11 is 0. The van der Waals surface area contributed by atoms with Crippen molar-refractivity contribution in [2.24, 2.45) is 0 Å². The second-order valence-electron chi connectivity index (χ2n) is 10.3. The molecule has 0 aromatic heterocycles. The van der Waals surface area contributed by atoms with Crippen molar-refractivity contribution in [2.75, 3.05) is 20.3 Å². The van der Waals surface area contributed by atoms with E-state index in [2.05, 4.69) is 0 Å². The fraction of sp³-hybridized carbons (Fsp3) is 0.536. The first kappa shape index (κ1) is 28.0. The molecule has 5 rings (SSSR count). The predicted molar refractivity (Wildman–Crippen MR) is 139 cm³/mol. The maximum atomic E-state index is 14.1. The van der Waals surface area contributed by atoms with Crippen LogP contribution in [-0.4, -0.2) is 75.4 Å². The highest BCUT2D eigenvalue weighted by Crippen LogP contribution is 2.40. The van der Waals surface area contributed by atoms with Crippen LogP contribution in [0.1, 0.15) is 38.7 Å². The molecule has 39 heavy (non-hydrogen) atoms. The molecule has 0 spiro atoms. The monoisotopic (exact) mass is 561 g/mol. The molecule has 3 fully saturated rings. The number of benzene rings is 2. The van der Waals surface area contributed by atoms with Gasteiger partial charge < -0.3 is 28.4 Å². The number of carbonyl (C=O) groups is 1. The maximum Gasteiger partial charge on any atom is 0.327 e. The first-order valence-electron chi connectivity index (χ1n) is 13.2. The molecule has 0 saturated carbocycles. The number of fused-ring (bicyclic) bond motifs is 1. The van der Waals surface area contributed by atoms with Crippen LogP contribution in [0, 0.1) is 0 Å². The van der Waals surface area contributed by atoms with Crippen molar-refractivity contribution < 1.29 is 41.6 Å². The van der Waals surface area contributed by atoms with Crippen LogP contribution in [0.25, 0.3) is 0 Å². The lowest BCUT2D eigenvalue weighted by Gasteiger charge is -2.44. The third kappa shape index (κ3) is 6.13. The van der Waals surface area contributed by atoms with E-state index in [-0.39, 0.29) is 18.0 Å². The number of rotatable bonds is 8. The van der Waals surface area contributed by atoms with Gasteiger partial charge in [-0.05, 0) is 62.9 Å². The van der Waals surface area contributed by atoms with Gasteiger partial charge in [0.25, 0.3) is 0 Å². The van der Waals surface area contributed by atoms with Crippen LogP contribution >= 0.6 is 0 Å². The van der Waals surface area contributed by atoms with Gasteiger partial charge in [0.15, 0.2) is 18.1 Å². The molecule has 11 heteroatoms. The summed E-state index contributed by atoms with van der Waals surface area (Å²) in [6, 6.07) is 13.9. The third-order valence-electron chi connectivity index (χ3n) is 7.10. The molecule has 10 nitrogen and oxygen atoms in total. The predicted octanol–water partition coefficient (Wildman–Crippen LogP) is 3.24. The van der Waals surface area contributed by atoms with E-state index in [9.17, 15) is 13.2 Å². The molecule has 5 atom stereocenters. The number of methoxy groups -OCH3 is 1. The van der Waals surface area contributed by atoms with Crippen molar-refractivity contribution in [1.29, 1.82) is 0 Å². The van der Waals surface area contributed by atoms with E-state index in [1.165, 1.54) is 19.2 Å². The van der Waals surface area contributed by atoms with Crippen molar-refractivity contribution in [3.05, 3.63) is 60.2 Å². The number of ether oxygens (including phenoxy) is 6. The Morgan fingerprint density at radius 3 is 2.46 bits per heavy atom. The van der Waals surface area contributed by atoms with Crippen molar-refractivity contribution in [3.63, 3.8) is 0 Å². The fourth-order valence-electron chi connectivity index (χ4n) is 5.26. The fourth-order valence-corrected chi connectivity index (χ4v) is 6.86. The lowest BCUT2D eigenvalue weighted by atomic mass is 9.95. The molecule has 2 aromatic carbocycles. The first-order valence-corrected chi connectivity index (χ1v) is 14.6. The Hall–Kier alpha value is -2.54. The number of nitrogens with zero attached hydrogens (tertiary/aromatic N) is 1. The number of hydrogen-bond donors (Lipinski definition) is 0. The summed E-state index contributed by atoms with van der Waals surface area (Å²) in [6.07, 6.45) is -0.582. The van der Waals surface area contributed by atoms with Gasteiger partial charge in [-0.3, -0.25) is 4.79 Å². The van der Waals surface area contributed by atoms with Gasteiger partial charge in [0.2, 0.25) is 10.0 Å². The SMILES string of the molecule is COc1ccc(S(=O)(=O)N2C[C@@H]3OC(C)(C)O[C@H]3[C@@H](OC3CCCCO3)[C@@H]2C(=O)OCc2ccccc2)cc1. The molecule has 3 heterocycles. The lowest BCUT2D eigenvalue weighted by molar-refractivity contribution is -0.235. The molecule has 0 bridgehead atoms. The van der Waals surface area contributed by atoms with Gasteiger partial charge in [-0.25, -0.2) is 8.42 Å². The first-order chi connectivity index (χ1) is 18.7. The number of piperidine rings is 1. The van der Waals surface area contributed by atoms with Gasteiger partial charge in [-0.15, -0.1) is 0 Å². The molecule has 0 radical (unpaired) electrons. The maximum absolute atomic E-state index is 14.1. The molecule has 3 saturated heterocycles. The Kier molecular flexibility index (Phi) is 8.27. The van der Waals surface area contributed by atoms with Crippen molar-refractivity contribution >= 4 is 16.0 Å². The van der Waals surface area contributed by atoms with E-state index >= 15 is 0 Å². The Morgan fingerprint density at radius 2 is 1.79 bits per heavy atom. The number of esters is 1. The zero-order valence-electron chi connectivity index (χ0n) is 22.4. The normalized spacial score (nSPS) is 28.9. The Bertz CT molecular complexity index is 1230. The van der Waals surface area contributed by atoms with E-state index in [4.69, 9.17) is 28.4 Å². The molecule has 0 N–H and O–H groups in total. The van der Waals surface area contributed by atoms with Gasteiger partial charge in [0, 0.05) is 13.2 Å². The minimum absolute atomic E-state index is 0.00783. The van der Waals surface area contributed by atoms with Gasteiger partial charge in [-0.1, -0.05) is 30.3 Å². The van der Waals surface area contributed by atoms with Crippen molar-refractivity contribution in [2.45, 2.75) is 81.0 Å². The van der Waals surface area contributed by atoms with Gasteiger partial charge >= 0.3 is 5.97 Å². The van der Waals surface area contributed by atoms with Crippen LogP contribution in [-0.2, 0) is 45.1 Å². The van der Waals surface area contributed by atoms with Gasteiger partial charge in [0.1, 0.15) is 30.7 Å². The number of sulfonamides is 1. The smallest absolute Gasteiger partial charge is 0.327 e. The molecule has 2 aromatic rings. The van der Waals surface area contributed by atoms with Crippen LogP contribution in [0.4, 0.5) is 0 Å². The third-order valence-corrected chi connectivity index (χ3v) is 8.97. The molecular weight excluding hydrogens is 526 g/mol.